The molecule has 6 aliphatic carbocycles. The third-order valence-corrected chi connectivity index (χ3v) is 35.3. The van der Waals surface area contributed by atoms with Crippen LogP contribution in [0.4, 0.5) is 0 Å². The van der Waals surface area contributed by atoms with Gasteiger partial charge >= 0.3 is 71.6 Å². The van der Waals surface area contributed by atoms with Crippen LogP contribution in [0.25, 0.3) is 33.4 Å². The molecule has 33 atom stereocenters. The number of hydrogen-bond donors (Lipinski definition) is 0. The second-order valence-corrected chi connectivity index (χ2v) is 44.4. The molecule has 15 fully saturated rings. The Morgan fingerprint density at radius 3 is 0.986 bits per heavy atom. The quantitative estimate of drug-likeness (QED) is 0.0477. The van der Waals surface area contributed by atoms with Crippen LogP contribution in [0.2, 0.25) is 0 Å². The van der Waals surface area contributed by atoms with Gasteiger partial charge in [-0.25, -0.2) is 28.8 Å². The van der Waals surface area contributed by atoms with E-state index in [1.54, 1.807) is 57.2 Å². The van der Waals surface area contributed by atoms with Gasteiger partial charge in [0, 0.05) is 77.6 Å². The zero-order valence-electron chi connectivity index (χ0n) is 84.7. The van der Waals surface area contributed by atoms with E-state index in [-0.39, 0.29) is 33.4 Å². The molecule has 0 amide bonds. The first-order chi connectivity index (χ1) is 68.4. The van der Waals surface area contributed by atoms with Crippen LogP contribution in [0.3, 0.4) is 0 Å². The highest BCUT2D eigenvalue weighted by atomic mass is 16.8. The summed E-state index contributed by atoms with van der Waals surface area (Å²) in [6, 6.07) is 50.5. The summed E-state index contributed by atoms with van der Waals surface area (Å²) < 4.78 is 130. The molecule has 15 aliphatic rings. The molecule has 0 aromatic heterocycles. The molecule has 0 N–H and O–H groups in total. The summed E-state index contributed by atoms with van der Waals surface area (Å²) >= 11 is 0. The maximum Gasteiger partial charge on any atom is 0.340 e. The van der Waals surface area contributed by atoms with Gasteiger partial charge in [-0.3, -0.25) is 28.8 Å². The molecule has 792 valence electrons. The third-order valence-electron chi connectivity index (χ3n) is 35.3. The SMILES string of the molecule is C.C.C.COC(=O)C(C)[C@H]1CCC23C4OC(=O)C12OC1O[C@@H](OC(=O)c2ccc(-c5ccccc5)cc2)[C@H](OC)C13[C@H](C(C)(C)C)[C@H]4OC(C)=O.COC(=O)C(C)[C@H]1CCC23C4O[C@@H](OC(=O)c5ccc(-c6ccccc6)cc5)C12OC1OC(=O)[C@H](OC)C13[C@H](C(C)(C)C)[C@H]4OC(C)=O.COC(=O)C(C)[C@H]1CCC23C4O[C@H](OC(=O)c5ccc(-c6ccccc6)cc5)C12OC1OC(=O)[C@H](OC)C13[C@H](C(C)(C)C)[C@H]4OC(C)=O. The smallest absolute Gasteiger partial charge is 0.340 e. The number of hydrogen-bond acceptors (Lipinski definition) is 33. The van der Waals surface area contributed by atoms with Crippen molar-refractivity contribution >= 4 is 71.6 Å². The van der Waals surface area contributed by atoms with Crippen molar-refractivity contribution in [1.29, 1.82) is 0 Å². The fraction of sp³-hybridized carbons (Fsp3) is 0.579. The topological polar surface area (TPSA) is 399 Å². The van der Waals surface area contributed by atoms with E-state index < -0.39 is 283 Å². The largest absolute Gasteiger partial charge is 0.469 e. The molecule has 0 radical (unpaired) electrons. The summed E-state index contributed by atoms with van der Waals surface area (Å²) in [7, 11) is 8.35. The van der Waals surface area contributed by atoms with E-state index in [4.69, 9.17) is 99.5 Å². The molecule has 0 bridgehead atoms. The monoisotopic (exact) mass is 2030 g/mol. The van der Waals surface area contributed by atoms with Crippen molar-refractivity contribution in [2.75, 3.05) is 42.7 Å². The van der Waals surface area contributed by atoms with Crippen LogP contribution in [0.5, 0.6) is 0 Å². The summed E-state index contributed by atoms with van der Waals surface area (Å²) in [4.78, 5) is 160. The molecule has 6 spiro atoms. The molecular formula is C114H138O33. The van der Waals surface area contributed by atoms with Gasteiger partial charge in [0.15, 0.2) is 24.1 Å². The van der Waals surface area contributed by atoms with Gasteiger partial charge < -0.3 is 99.5 Å². The van der Waals surface area contributed by atoms with Gasteiger partial charge in [-0.2, -0.15) is 0 Å². The maximum atomic E-state index is 14.2. The minimum atomic E-state index is -1.62. The average molecular weight is 2040 g/mol. The molecule has 21 rings (SSSR count). The summed E-state index contributed by atoms with van der Waals surface area (Å²) in [5.74, 6) is -12.3. The van der Waals surface area contributed by atoms with Crippen LogP contribution >= 0.6 is 0 Å². The predicted molar refractivity (Wildman–Crippen MR) is 523 cm³/mol. The number of esters is 12. The molecule has 33 heteroatoms. The average Bonchev–Trinajstić information content (AvgIpc) is 1.44. The van der Waals surface area contributed by atoms with Crippen LogP contribution < -0.4 is 0 Å². The normalized spacial score (nSPS) is 37.3. The van der Waals surface area contributed by atoms with Crippen molar-refractivity contribution in [3.63, 3.8) is 0 Å². The van der Waals surface area contributed by atoms with E-state index in [1.807, 2.05) is 190 Å². The molecule has 9 aliphatic heterocycles. The van der Waals surface area contributed by atoms with Crippen molar-refractivity contribution < 1.29 is 157 Å². The minimum absolute atomic E-state index is 0. The van der Waals surface area contributed by atoms with E-state index in [0.717, 1.165) is 33.4 Å². The van der Waals surface area contributed by atoms with Gasteiger partial charge in [-0.15, -0.1) is 0 Å². The van der Waals surface area contributed by atoms with Crippen LogP contribution in [-0.2, 0) is 143 Å². The van der Waals surface area contributed by atoms with Gasteiger partial charge in [0.05, 0.1) is 88.3 Å². The first-order valence-corrected chi connectivity index (χ1v) is 49.4. The van der Waals surface area contributed by atoms with E-state index >= 15 is 0 Å². The Kier molecular flexibility index (Phi) is 28.4. The lowest BCUT2D eigenvalue weighted by Crippen LogP contribution is -2.61. The summed E-state index contributed by atoms with van der Waals surface area (Å²) in [5, 5.41) is 0. The van der Waals surface area contributed by atoms with Crippen molar-refractivity contribution in [2.45, 2.75) is 274 Å². The van der Waals surface area contributed by atoms with E-state index in [1.165, 1.54) is 63.4 Å². The molecular weight excluding hydrogens is 1900 g/mol. The second kappa shape index (κ2) is 38.6. The lowest BCUT2D eigenvalue weighted by Gasteiger charge is -2.48. The third kappa shape index (κ3) is 14.8. The Morgan fingerprint density at radius 1 is 0.347 bits per heavy atom. The lowest BCUT2D eigenvalue weighted by atomic mass is 9.51. The first-order valence-electron chi connectivity index (χ1n) is 49.4. The van der Waals surface area contributed by atoms with Crippen molar-refractivity contribution in [1.82, 2.24) is 0 Å². The zero-order chi connectivity index (χ0) is 103. The van der Waals surface area contributed by atoms with Crippen LogP contribution in [-0.4, -0.2) is 224 Å². The molecule has 147 heavy (non-hydrogen) atoms. The van der Waals surface area contributed by atoms with Gasteiger partial charge in [-0.05, 0) is 125 Å². The molecule has 6 aromatic carbocycles. The number of ether oxygens (including phenoxy) is 21. The fourth-order valence-corrected chi connectivity index (χ4v) is 31.4. The second-order valence-electron chi connectivity index (χ2n) is 44.4. The Balaban J connectivity index is 0.000000156. The van der Waals surface area contributed by atoms with Gasteiger partial charge in [0.25, 0.3) is 0 Å². The van der Waals surface area contributed by atoms with Gasteiger partial charge in [0.2, 0.25) is 31.5 Å². The Morgan fingerprint density at radius 2 is 0.660 bits per heavy atom. The van der Waals surface area contributed by atoms with Crippen LogP contribution in [0.15, 0.2) is 164 Å². The van der Waals surface area contributed by atoms with E-state index in [2.05, 4.69) is 0 Å². The summed E-state index contributed by atoms with van der Waals surface area (Å²) in [5.41, 5.74) is -6.63. The highest BCUT2D eigenvalue weighted by Gasteiger charge is 3.02. The maximum absolute atomic E-state index is 14.2. The zero-order valence-corrected chi connectivity index (χ0v) is 84.7. The molecule has 33 nitrogen and oxygen atoms in total. The first kappa shape index (κ1) is 108. The standard InChI is InChI=1S/3C37H42O11.3CH4/c1-19(29(39)43-7)24-17-18-35-27-25(44-20(2)38)26(34(3,4)5)36(35)28(42-6)31(47-33(36)48-37(24,35)32(41)45-27)46-30(40)23-15-13-22(14-16-23)21-11-9-8-10-12-21;2*1-19(29(39)43-7)24-17-18-35-27-25(44-20(2)38)26(34(3,4)5)36(35)28(42-6)31(41)47-32(36)48-37(24,35)33(45-27)46-30(40)23-15-13-22(14-16-23)21-11-9-8-10-12-21;;;/h8-16,19,24-28,31,33H,17-18H2,1-7H3;2*8-16,19,24-28,32-33H,17-18H2,1-7H3;3*1H4/t19?,24-,25-,26+,27?,28+,31-,33?,35?,36?,37?;19?,24-,25-,26+,27?,28+,32?,33+,35?,36?,37?;19?,24-,25-,26+,27?,28+,32?,33-,35?,36?,37?;;;/m111.../s1. The minimum Gasteiger partial charge on any atom is -0.469 e. The van der Waals surface area contributed by atoms with E-state index in [0.29, 0.717) is 44.1 Å². The molecule has 9 saturated heterocycles. The summed E-state index contributed by atoms with van der Waals surface area (Å²) in [6.07, 6.45) is -13.3. The molecule has 9 heterocycles. The number of benzene rings is 6. The molecule has 6 aromatic rings. The summed E-state index contributed by atoms with van der Waals surface area (Å²) in [6.45, 7) is 27.3. The van der Waals surface area contributed by atoms with Crippen LogP contribution in [0, 0.1) is 102 Å². The number of rotatable bonds is 21. The number of carbonyl (C=O) groups is 12. The van der Waals surface area contributed by atoms with Gasteiger partial charge in [0.1, 0.15) is 53.9 Å². The molecule has 18 unspecified atom stereocenters. The number of carbonyl (C=O) groups excluding carboxylic acids is 12. The van der Waals surface area contributed by atoms with Gasteiger partial charge in [-0.1, -0.05) is 233 Å². The van der Waals surface area contributed by atoms with Crippen molar-refractivity contribution in [3.8, 4) is 33.4 Å². The van der Waals surface area contributed by atoms with E-state index in [9.17, 15) is 57.5 Å². The molecule has 6 saturated carbocycles. The lowest BCUT2D eigenvalue weighted by molar-refractivity contribution is -0.253. The highest BCUT2D eigenvalue weighted by molar-refractivity contribution is 5.93. The predicted octanol–water partition coefficient (Wildman–Crippen LogP) is 16.0. The Hall–Kier alpha value is -11.4. The fourth-order valence-electron chi connectivity index (χ4n) is 31.4. The Labute approximate surface area is 856 Å². The highest BCUT2D eigenvalue weighted by Crippen LogP contribution is 2.89. The Bertz CT molecular complexity index is 5810. The number of methoxy groups -OCH3 is 6. The van der Waals surface area contributed by atoms with Crippen molar-refractivity contribution in [3.05, 3.63) is 180 Å². The van der Waals surface area contributed by atoms with Crippen molar-refractivity contribution in [2.24, 2.45) is 102 Å². The van der Waals surface area contributed by atoms with Crippen LogP contribution in [0.1, 0.15) is 196 Å².